The topological polar surface area (TPSA) is 116 Å². The van der Waals surface area contributed by atoms with Crippen LogP contribution in [0.2, 0.25) is 0 Å². The van der Waals surface area contributed by atoms with Gasteiger partial charge in [-0.25, -0.2) is 17.9 Å². The number of aliphatic hydroxyl groups excluding tert-OH is 1. The molecule has 0 aliphatic carbocycles. The molecule has 0 heterocycles. The van der Waals surface area contributed by atoms with E-state index >= 15 is 0 Å². The largest absolute Gasteiger partial charge is 0.478 e. The van der Waals surface area contributed by atoms with E-state index in [0.29, 0.717) is 12.2 Å². The van der Waals surface area contributed by atoms with Crippen LogP contribution in [-0.4, -0.2) is 37.8 Å². The molecule has 0 fully saturated rings. The van der Waals surface area contributed by atoms with Gasteiger partial charge in [-0.2, -0.15) is 0 Å². The summed E-state index contributed by atoms with van der Waals surface area (Å²) in [6.07, 6.45) is 0. The van der Waals surface area contributed by atoms with E-state index in [1.807, 2.05) is 30.3 Å². The molecule has 2 aromatic carbocycles. The second-order valence-corrected chi connectivity index (χ2v) is 6.74. The highest BCUT2D eigenvalue weighted by Gasteiger charge is 2.18. The number of carbonyl (C=O) groups is 1. The Kier molecular flexibility index (Phi) is 5.91. The third-order valence-corrected chi connectivity index (χ3v) is 4.72. The van der Waals surface area contributed by atoms with Crippen molar-refractivity contribution in [1.82, 2.24) is 4.72 Å². The van der Waals surface area contributed by atoms with Crippen LogP contribution in [0.5, 0.6) is 0 Å². The number of aromatic carboxylic acids is 1. The van der Waals surface area contributed by atoms with Crippen molar-refractivity contribution in [2.75, 3.05) is 18.5 Å². The number of sulfonamides is 1. The van der Waals surface area contributed by atoms with Crippen LogP contribution in [0.1, 0.15) is 15.9 Å². The Bertz CT molecular complexity index is 806. The molecule has 0 bridgehead atoms. The summed E-state index contributed by atoms with van der Waals surface area (Å²) in [6, 6.07) is 13.2. The number of carboxylic acid groups (broad SMARTS) is 1. The normalized spacial score (nSPS) is 11.2. The molecule has 0 aliphatic heterocycles. The zero-order valence-corrected chi connectivity index (χ0v) is 13.6. The smallest absolute Gasteiger partial charge is 0.337 e. The molecule has 7 nitrogen and oxygen atoms in total. The molecular weight excluding hydrogens is 332 g/mol. The maximum absolute atomic E-state index is 12.0. The van der Waals surface area contributed by atoms with Gasteiger partial charge in [0.15, 0.2) is 0 Å². The molecule has 0 amide bonds. The van der Waals surface area contributed by atoms with E-state index in [9.17, 15) is 18.3 Å². The van der Waals surface area contributed by atoms with Crippen LogP contribution in [0.3, 0.4) is 0 Å². The number of carboxylic acids is 1. The van der Waals surface area contributed by atoms with Crippen LogP contribution in [-0.2, 0) is 16.6 Å². The standard InChI is InChI=1S/C16H18N2O5S/c19-9-8-18-24(22,23)13-6-7-15(14(10-13)16(20)21)17-11-12-4-2-1-3-5-12/h1-7,10,17-19H,8-9,11H2,(H,20,21). The summed E-state index contributed by atoms with van der Waals surface area (Å²) in [5.41, 5.74) is 1.15. The van der Waals surface area contributed by atoms with Crippen LogP contribution in [0.15, 0.2) is 53.4 Å². The molecule has 2 aromatic rings. The zero-order chi connectivity index (χ0) is 17.6. The minimum Gasteiger partial charge on any atom is -0.478 e. The molecule has 0 saturated heterocycles. The molecule has 8 heteroatoms. The second-order valence-electron chi connectivity index (χ2n) is 4.97. The third-order valence-electron chi connectivity index (χ3n) is 3.26. The lowest BCUT2D eigenvalue weighted by molar-refractivity contribution is 0.0697. The first-order valence-corrected chi connectivity index (χ1v) is 8.68. The summed E-state index contributed by atoms with van der Waals surface area (Å²) in [5, 5.41) is 21.0. The van der Waals surface area contributed by atoms with E-state index in [0.717, 1.165) is 11.6 Å². The Labute approximate surface area is 140 Å². The van der Waals surface area contributed by atoms with E-state index in [-0.39, 0.29) is 23.6 Å². The molecule has 0 radical (unpaired) electrons. The predicted molar refractivity (Wildman–Crippen MR) is 89.4 cm³/mol. The lowest BCUT2D eigenvalue weighted by Gasteiger charge is -2.12. The summed E-state index contributed by atoms with van der Waals surface area (Å²) < 4.78 is 26.2. The molecule has 0 unspecified atom stereocenters. The first-order valence-electron chi connectivity index (χ1n) is 7.19. The lowest BCUT2D eigenvalue weighted by atomic mass is 10.1. The van der Waals surface area contributed by atoms with Gasteiger partial charge in [0.1, 0.15) is 0 Å². The van der Waals surface area contributed by atoms with Crippen LogP contribution in [0.4, 0.5) is 5.69 Å². The van der Waals surface area contributed by atoms with Gasteiger partial charge < -0.3 is 15.5 Å². The van der Waals surface area contributed by atoms with Crippen molar-refractivity contribution < 1.29 is 23.4 Å². The van der Waals surface area contributed by atoms with Crippen LogP contribution < -0.4 is 10.0 Å². The highest BCUT2D eigenvalue weighted by atomic mass is 32.2. The quantitative estimate of drug-likeness (QED) is 0.570. The highest BCUT2D eigenvalue weighted by molar-refractivity contribution is 7.89. The van der Waals surface area contributed by atoms with Gasteiger partial charge in [-0.1, -0.05) is 30.3 Å². The molecule has 0 spiro atoms. The molecule has 128 valence electrons. The number of anilines is 1. The van der Waals surface area contributed by atoms with E-state index in [1.165, 1.54) is 12.1 Å². The first-order chi connectivity index (χ1) is 11.4. The molecule has 24 heavy (non-hydrogen) atoms. The van der Waals surface area contributed by atoms with Gasteiger partial charge >= 0.3 is 5.97 Å². The Morgan fingerprint density at radius 1 is 1.08 bits per heavy atom. The summed E-state index contributed by atoms with van der Waals surface area (Å²) >= 11 is 0. The Hall–Kier alpha value is -2.42. The van der Waals surface area contributed by atoms with E-state index in [4.69, 9.17) is 5.11 Å². The number of nitrogens with one attached hydrogen (secondary N) is 2. The van der Waals surface area contributed by atoms with Gasteiger partial charge in [-0.15, -0.1) is 0 Å². The van der Waals surface area contributed by atoms with Crippen molar-refractivity contribution >= 4 is 21.7 Å². The molecule has 2 rings (SSSR count). The fourth-order valence-electron chi connectivity index (χ4n) is 2.08. The second kappa shape index (κ2) is 7.91. The minimum atomic E-state index is -3.86. The van der Waals surface area contributed by atoms with Crippen molar-refractivity contribution in [2.45, 2.75) is 11.4 Å². The van der Waals surface area contributed by atoms with Crippen molar-refractivity contribution in [3.8, 4) is 0 Å². The van der Waals surface area contributed by atoms with E-state index < -0.39 is 16.0 Å². The summed E-state index contributed by atoms with van der Waals surface area (Å²) in [7, 11) is -3.86. The molecule has 0 atom stereocenters. The van der Waals surface area contributed by atoms with Gasteiger partial charge in [-0.3, -0.25) is 0 Å². The Morgan fingerprint density at radius 3 is 2.42 bits per heavy atom. The molecule has 0 aromatic heterocycles. The summed E-state index contributed by atoms with van der Waals surface area (Å²) in [5.74, 6) is -1.23. The fraction of sp³-hybridized carbons (Fsp3) is 0.188. The summed E-state index contributed by atoms with van der Waals surface area (Å²) in [6.45, 7) is -0.0730. The zero-order valence-electron chi connectivity index (χ0n) is 12.8. The van der Waals surface area contributed by atoms with Crippen molar-refractivity contribution in [2.24, 2.45) is 0 Å². The van der Waals surface area contributed by atoms with Crippen molar-refractivity contribution in [3.63, 3.8) is 0 Å². The number of benzene rings is 2. The van der Waals surface area contributed by atoms with Crippen LogP contribution in [0, 0.1) is 0 Å². The van der Waals surface area contributed by atoms with Crippen LogP contribution in [0.25, 0.3) is 0 Å². The SMILES string of the molecule is O=C(O)c1cc(S(=O)(=O)NCCO)ccc1NCc1ccccc1. The van der Waals surface area contributed by atoms with E-state index in [2.05, 4.69) is 10.0 Å². The fourth-order valence-corrected chi connectivity index (χ4v) is 3.12. The van der Waals surface area contributed by atoms with Gasteiger partial charge in [0, 0.05) is 18.8 Å². The van der Waals surface area contributed by atoms with Gasteiger partial charge in [0.25, 0.3) is 0 Å². The summed E-state index contributed by atoms with van der Waals surface area (Å²) in [4.78, 5) is 11.3. The Balaban J connectivity index is 2.25. The maximum atomic E-state index is 12.0. The van der Waals surface area contributed by atoms with E-state index in [1.54, 1.807) is 0 Å². The maximum Gasteiger partial charge on any atom is 0.337 e. The highest BCUT2D eigenvalue weighted by Crippen LogP contribution is 2.21. The average molecular weight is 350 g/mol. The number of rotatable bonds is 8. The van der Waals surface area contributed by atoms with Crippen molar-refractivity contribution in [3.05, 3.63) is 59.7 Å². The predicted octanol–water partition coefficient (Wildman–Crippen LogP) is 1.27. The average Bonchev–Trinajstić information content (AvgIpc) is 2.59. The van der Waals surface area contributed by atoms with Gasteiger partial charge in [0.2, 0.25) is 10.0 Å². The lowest BCUT2D eigenvalue weighted by Crippen LogP contribution is -2.27. The van der Waals surface area contributed by atoms with Gasteiger partial charge in [-0.05, 0) is 23.8 Å². The number of aliphatic hydroxyl groups is 1. The first kappa shape index (κ1) is 17.9. The van der Waals surface area contributed by atoms with Crippen LogP contribution >= 0.6 is 0 Å². The number of hydrogen-bond donors (Lipinski definition) is 4. The number of hydrogen-bond acceptors (Lipinski definition) is 5. The van der Waals surface area contributed by atoms with Gasteiger partial charge in [0.05, 0.1) is 17.1 Å². The Morgan fingerprint density at radius 2 is 1.79 bits per heavy atom. The molecule has 0 saturated carbocycles. The monoisotopic (exact) mass is 350 g/mol. The minimum absolute atomic E-state index is 0.140. The molecular formula is C16H18N2O5S. The molecule has 0 aliphatic rings. The van der Waals surface area contributed by atoms with Crippen molar-refractivity contribution in [1.29, 1.82) is 0 Å². The molecule has 4 N–H and O–H groups in total. The third kappa shape index (κ3) is 4.54.